The van der Waals surface area contributed by atoms with E-state index in [1.54, 1.807) is 29.3 Å². The fourth-order valence-corrected chi connectivity index (χ4v) is 4.21. The molecule has 138 valence electrons. The Balaban J connectivity index is 1.54. The van der Waals surface area contributed by atoms with Crippen molar-refractivity contribution in [2.24, 2.45) is 0 Å². The van der Waals surface area contributed by atoms with Gasteiger partial charge in [-0.3, -0.25) is 14.5 Å². The number of carbonyl (C=O) groups is 2. The number of carbonyl (C=O) groups excluding carboxylic acids is 2. The van der Waals surface area contributed by atoms with E-state index in [4.69, 9.17) is 12.2 Å². The summed E-state index contributed by atoms with van der Waals surface area (Å²) in [6, 6.07) is 13.0. The largest absolute Gasteiger partial charge is 0.311 e. The lowest BCUT2D eigenvalue weighted by Gasteiger charge is -2.14. The van der Waals surface area contributed by atoms with E-state index in [-0.39, 0.29) is 18.2 Å². The number of rotatable bonds is 6. The van der Waals surface area contributed by atoms with Gasteiger partial charge in [0.1, 0.15) is 10.1 Å². The molecule has 1 aliphatic heterocycles. The number of hydrogen-bond acceptors (Lipinski definition) is 5. The van der Waals surface area contributed by atoms with E-state index >= 15 is 0 Å². The number of aromatic nitrogens is 1. The van der Waals surface area contributed by atoms with Gasteiger partial charge in [-0.2, -0.15) is 0 Å². The third-order valence-electron chi connectivity index (χ3n) is 3.74. The Hall–Kier alpha value is -2.03. The Labute approximate surface area is 175 Å². The molecule has 0 unspecified atom stereocenters. The molecule has 2 heterocycles. The number of benzene rings is 1. The Bertz CT molecular complexity index is 903. The van der Waals surface area contributed by atoms with Crippen LogP contribution in [0.2, 0.25) is 0 Å². The summed E-state index contributed by atoms with van der Waals surface area (Å²) < 4.78 is 1.47. The van der Waals surface area contributed by atoms with E-state index < -0.39 is 0 Å². The number of nitrogens with one attached hydrogen (secondary N) is 1. The molecule has 1 aromatic carbocycles. The lowest BCUT2D eigenvalue weighted by molar-refractivity contribution is -0.122. The molecular weight excluding hydrogens is 446 g/mol. The van der Waals surface area contributed by atoms with Crippen molar-refractivity contribution in [2.45, 2.75) is 12.8 Å². The summed E-state index contributed by atoms with van der Waals surface area (Å²) in [5.74, 6) is 0.268. The SMILES string of the molecule is O=C(CCCN1C(=O)/C(=C/c2cccc(Br)c2)SC1=S)Nc1ccccn1. The van der Waals surface area contributed by atoms with Gasteiger partial charge in [0, 0.05) is 23.6 Å². The maximum atomic E-state index is 12.6. The average molecular weight is 462 g/mol. The lowest BCUT2D eigenvalue weighted by Crippen LogP contribution is -2.29. The first kappa shape index (κ1) is 19.7. The second-order valence-corrected chi connectivity index (χ2v) is 8.35. The maximum Gasteiger partial charge on any atom is 0.266 e. The molecule has 0 bridgehead atoms. The quantitative estimate of drug-likeness (QED) is 0.507. The molecule has 1 aromatic heterocycles. The van der Waals surface area contributed by atoms with Crippen LogP contribution < -0.4 is 5.32 Å². The molecular formula is C19H16BrN3O2S2. The number of pyridine rings is 1. The van der Waals surface area contributed by atoms with Crippen molar-refractivity contribution < 1.29 is 9.59 Å². The van der Waals surface area contributed by atoms with Crippen LogP contribution in [-0.4, -0.2) is 32.6 Å². The van der Waals surface area contributed by atoms with Crippen LogP contribution in [0.15, 0.2) is 58.0 Å². The highest BCUT2D eigenvalue weighted by atomic mass is 79.9. The third-order valence-corrected chi connectivity index (χ3v) is 5.61. The van der Waals surface area contributed by atoms with Crippen molar-refractivity contribution in [1.29, 1.82) is 0 Å². The van der Waals surface area contributed by atoms with E-state index in [0.717, 1.165) is 10.0 Å². The van der Waals surface area contributed by atoms with Crippen LogP contribution in [0.25, 0.3) is 6.08 Å². The van der Waals surface area contributed by atoms with Gasteiger partial charge >= 0.3 is 0 Å². The molecule has 1 saturated heterocycles. The fraction of sp³-hybridized carbons (Fsp3) is 0.158. The monoisotopic (exact) mass is 461 g/mol. The normalized spacial score (nSPS) is 15.4. The number of thioether (sulfide) groups is 1. The molecule has 1 fully saturated rings. The van der Waals surface area contributed by atoms with Crippen LogP contribution in [0.1, 0.15) is 18.4 Å². The van der Waals surface area contributed by atoms with Gasteiger partial charge in [0.15, 0.2) is 0 Å². The molecule has 0 spiro atoms. The molecule has 8 heteroatoms. The molecule has 5 nitrogen and oxygen atoms in total. The van der Waals surface area contributed by atoms with Crippen molar-refractivity contribution in [3.8, 4) is 0 Å². The highest BCUT2D eigenvalue weighted by Crippen LogP contribution is 2.33. The van der Waals surface area contributed by atoms with Crippen molar-refractivity contribution >= 4 is 67.9 Å². The smallest absolute Gasteiger partial charge is 0.266 e. The summed E-state index contributed by atoms with van der Waals surface area (Å²) in [6.07, 6.45) is 4.26. The van der Waals surface area contributed by atoms with E-state index in [0.29, 0.717) is 28.0 Å². The van der Waals surface area contributed by atoms with Gasteiger partial charge in [-0.05, 0) is 42.3 Å². The minimum absolute atomic E-state index is 0.116. The number of amides is 2. The highest BCUT2D eigenvalue weighted by molar-refractivity contribution is 9.10. The zero-order chi connectivity index (χ0) is 19.2. The van der Waals surface area contributed by atoms with Gasteiger partial charge in [-0.1, -0.05) is 58.1 Å². The Morgan fingerprint density at radius 1 is 1.30 bits per heavy atom. The Morgan fingerprint density at radius 3 is 2.89 bits per heavy atom. The first-order chi connectivity index (χ1) is 13.0. The van der Waals surface area contributed by atoms with Gasteiger partial charge in [-0.15, -0.1) is 0 Å². The molecule has 27 heavy (non-hydrogen) atoms. The average Bonchev–Trinajstić information content (AvgIpc) is 2.90. The Kier molecular flexibility index (Phi) is 6.76. The first-order valence-corrected chi connectivity index (χ1v) is 10.3. The third kappa shape index (κ3) is 5.47. The fourth-order valence-electron chi connectivity index (χ4n) is 2.48. The van der Waals surface area contributed by atoms with E-state index in [2.05, 4.69) is 26.2 Å². The second-order valence-electron chi connectivity index (χ2n) is 5.76. The summed E-state index contributed by atoms with van der Waals surface area (Å²) in [5, 5.41) is 2.73. The maximum absolute atomic E-state index is 12.6. The standard InChI is InChI=1S/C19H16BrN3O2S2/c20-14-6-3-5-13(11-14)12-15-18(25)23(19(26)27-15)10-4-8-17(24)22-16-7-1-2-9-21-16/h1-3,5-7,9,11-12H,4,8,10H2,(H,21,22,24)/b15-12-. The molecule has 2 amide bonds. The minimum atomic E-state index is -0.135. The number of hydrogen-bond donors (Lipinski definition) is 1. The van der Waals surface area contributed by atoms with Crippen molar-refractivity contribution in [3.63, 3.8) is 0 Å². The van der Waals surface area contributed by atoms with Gasteiger partial charge in [-0.25, -0.2) is 4.98 Å². The molecule has 1 N–H and O–H groups in total. The number of halogens is 1. The first-order valence-electron chi connectivity index (χ1n) is 8.25. The van der Waals surface area contributed by atoms with Gasteiger partial charge < -0.3 is 5.32 Å². The molecule has 3 rings (SSSR count). The highest BCUT2D eigenvalue weighted by Gasteiger charge is 2.31. The number of nitrogens with zero attached hydrogens (tertiary/aromatic N) is 2. The van der Waals surface area contributed by atoms with E-state index in [1.807, 2.05) is 30.3 Å². The van der Waals surface area contributed by atoms with Gasteiger partial charge in [0.05, 0.1) is 4.91 Å². The van der Waals surface area contributed by atoms with Crippen LogP contribution in [0.4, 0.5) is 5.82 Å². The number of anilines is 1. The second kappa shape index (κ2) is 9.25. The molecule has 0 radical (unpaired) electrons. The van der Waals surface area contributed by atoms with Crippen LogP contribution in [0.3, 0.4) is 0 Å². The van der Waals surface area contributed by atoms with Crippen molar-refractivity contribution in [2.75, 3.05) is 11.9 Å². The van der Waals surface area contributed by atoms with E-state index in [9.17, 15) is 9.59 Å². The summed E-state index contributed by atoms with van der Waals surface area (Å²) in [5.41, 5.74) is 0.930. The Morgan fingerprint density at radius 2 is 2.15 bits per heavy atom. The molecule has 2 aromatic rings. The van der Waals surface area contributed by atoms with Crippen molar-refractivity contribution in [3.05, 3.63) is 63.6 Å². The molecule has 0 atom stereocenters. The summed E-state index contributed by atoms with van der Waals surface area (Å²) in [6.45, 7) is 0.413. The topological polar surface area (TPSA) is 62.3 Å². The predicted molar refractivity (Wildman–Crippen MR) is 116 cm³/mol. The van der Waals surface area contributed by atoms with Crippen LogP contribution in [0, 0.1) is 0 Å². The minimum Gasteiger partial charge on any atom is -0.311 e. The summed E-state index contributed by atoms with van der Waals surface area (Å²) in [7, 11) is 0. The van der Waals surface area contributed by atoms with Gasteiger partial charge in [0.2, 0.25) is 5.91 Å². The number of thiocarbonyl (C=S) groups is 1. The lowest BCUT2D eigenvalue weighted by atomic mass is 10.2. The van der Waals surface area contributed by atoms with Crippen LogP contribution in [-0.2, 0) is 9.59 Å². The van der Waals surface area contributed by atoms with Crippen molar-refractivity contribution in [1.82, 2.24) is 9.88 Å². The molecule has 0 saturated carbocycles. The summed E-state index contributed by atoms with van der Waals surface area (Å²) in [4.78, 5) is 30.8. The summed E-state index contributed by atoms with van der Waals surface area (Å²) >= 11 is 10.0. The van der Waals surface area contributed by atoms with Gasteiger partial charge in [0.25, 0.3) is 5.91 Å². The predicted octanol–water partition coefficient (Wildman–Crippen LogP) is 4.46. The van der Waals surface area contributed by atoms with Crippen LogP contribution in [0.5, 0.6) is 0 Å². The molecule has 1 aliphatic rings. The van der Waals surface area contributed by atoms with Crippen LogP contribution >= 0.6 is 39.9 Å². The zero-order valence-electron chi connectivity index (χ0n) is 14.2. The van der Waals surface area contributed by atoms with E-state index in [1.165, 1.54) is 11.8 Å². The zero-order valence-corrected chi connectivity index (χ0v) is 17.4. The molecule has 0 aliphatic carbocycles.